The molecule has 0 aromatic heterocycles. The summed E-state index contributed by atoms with van der Waals surface area (Å²) < 4.78 is 35.9. The van der Waals surface area contributed by atoms with E-state index in [2.05, 4.69) is 34.3 Å². The molecule has 1 unspecified atom stereocenters. The average Bonchev–Trinajstić information content (AvgIpc) is 3.53. The van der Waals surface area contributed by atoms with Gasteiger partial charge in [-0.05, 0) is 73.2 Å². The predicted octanol–water partition coefficient (Wildman–Crippen LogP) is 7.70. The number of amides is 1. The monoisotopic (exact) mass is 548 g/mol. The van der Waals surface area contributed by atoms with Crippen LogP contribution < -0.4 is 19.7 Å². The molecule has 1 aliphatic carbocycles. The van der Waals surface area contributed by atoms with Gasteiger partial charge in [0, 0.05) is 17.3 Å². The van der Waals surface area contributed by atoms with Gasteiger partial charge < -0.3 is 19.7 Å². The highest BCUT2D eigenvalue weighted by Gasteiger charge is 2.36. The number of carbonyl (C=O) groups is 1. The van der Waals surface area contributed by atoms with Crippen LogP contribution in [0.1, 0.15) is 61.7 Å². The fraction of sp³-hybridized carbons (Fsp3) is 0.424. The minimum Gasteiger partial charge on any atom is -0.493 e. The third kappa shape index (κ3) is 6.64. The van der Waals surface area contributed by atoms with Crippen molar-refractivity contribution in [1.82, 2.24) is 5.32 Å². The Kier molecular flexibility index (Phi) is 9.32. The van der Waals surface area contributed by atoms with Gasteiger partial charge in [-0.1, -0.05) is 74.6 Å². The maximum atomic E-state index is 14.5. The molecular weight excluding hydrogens is 510 g/mol. The van der Waals surface area contributed by atoms with Gasteiger partial charge in [0.15, 0.2) is 11.5 Å². The molecular formula is C33H38F2N2O3. The van der Waals surface area contributed by atoms with E-state index in [-0.39, 0.29) is 29.5 Å². The van der Waals surface area contributed by atoms with Crippen molar-refractivity contribution < 1.29 is 23.0 Å². The first-order valence-electron chi connectivity index (χ1n) is 14.4. The number of nitrogens with zero attached hydrogens (tertiary/aromatic N) is 1. The van der Waals surface area contributed by atoms with Crippen LogP contribution in [-0.2, 0) is 0 Å². The molecule has 0 bridgehead atoms. The van der Waals surface area contributed by atoms with Crippen molar-refractivity contribution in [2.24, 2.45) is 5.92 Å². The Hall–Kier alpha value is -3.45. The lowest BCUT2D eigenvalue weighted by molar-refractivity contribution is -0.0512. The lowest BCUT2D eigenvalue weighted by Crippen LogP contribution is -2.51. The zero-order valence-electron chi connectivity index (χ0n) is 23.0. The van der Waals surface area contributed by atoms with Gasteiger partial charge in [0.05, 0.1) is 13.2 Å². The molecule has 0 radical (unpaired) electrons. The number of alkyl halides is 2. The molecule has 3 aromatic rings. The third-order valence-electron chi connectivity index (χ3n) is 8.27. The Morgan fingerprint density at radius 3 is 2.38 bits per heavy atom. The van der Waals surface area contributed by atoms with Gasteiger partial charge in [-0.3, -0.25) is 4.79 Å². The van der Waals surface area contributed by atoms with E-state index in [0.717, 1.165) is 42.6 Å². The molecule has 5 nitrogen and oxygen atoms in total. The van der Waals surface area contributed by atoms with Crippen LogP contribution in [-0.4, -0.2) is 38.3 Å². The van der Waals surface area contributed by atoms with Crippen LogP contribution in [0.3, 0.4) is 0 Å². The van der Waals surface area contributed by atoms with Crippen molar-refractivity contribution in [2.75, 3.05) is 18.6 Å². The average molecular weight is 549 g/mol. The van der Waals surface area contributed by atoms with Crippen LogP contribution in [0.25, 0.3) is 11.1 Å². The van der Waals surface area contributed by atoms with Crippen LogP contribution in [0.15, 0.2) is 72.8 Å². The molecule has 1 amide bonds. The van der Waals surface area contributed by atoms with Gasteiger partial charge in [0.1, 0.15) is 0 Å². The normalized spacial score (nSPS) is 18.4. The van der Waals surface area contributed by atoms with E-state index in [9.17, 15) is 13.6 Å². The number of carbonyl (C=O) groups excluding carboxylic acids is 1. The van der Waals surface area contributed by atoms with E-state index in [1.165, 1.54) is 51.3 Å². The minimum atomic E-state index is -2.99. The molecule has 1 aliphatic heterocycles. The summed E-state index contributed by atoms with van der Waals surface area (Å²) in [5, 5.41) is 3.68. The molecule has 2 atom stereocenters. The van der Waals surface area contributed by atoms with Crippen molar-refractivity contribution in [1.29, 1.82) is 0 Å². The molecule has 40 heavy (non-hydrogen) atoms. The molecule has 1 heterocycles. The molecule has 5 rings (SSSR count). The van der Waals surface area contributed by atoms with Crippen molar-refractivity contribution in [3.8, 4) is 22.6 Å². The van der Waals surface area contributed by atoms with E-state index >= 15 is 0 Å². The SMILES string of the molecule is COc1cc(C(=O)N(c2cccc(-c3ccccc3)c2)[C@@H](CC2CCCCC2)C2CCCN2)ccc1OC(F)F. The number of methoxy groups -OCH3 is 1. The van der Waals surface area contributed by atoms with Gasteiger partial charge in [-0.25, -0.2) is 0 Å². The highest BCUT2D eigenvalue weighted by Crippen LogP contribution is 2.36. The maximum absolute atomic E-state index is 14.5. The van der Waals surface area contributed by atoms with E-state index in [0.29, 0.717) is 11.5 Å². The summed E-state index contributed by atoms with van der Waals surface area (Å²) in [4.78, 5) is 16.4. The number of halogens is 2. The lowest BCUT2D eigenvalue weighted by atomic mass is 9.82. The Morgan fingerprint density at radius 2 is 1.68 bits per heavy atom. The van der Waals surface area contributed by atoms with Crippen LogP contribution in [0.4, 0.5) is 14.5 Å². The van der Waals surface area contributed by atoms with Crippen molar-refractivity contribution in [3.63, 3.8) is 0 Å². The molecule has 3 aromatic carbocycles. The number of anilines is 1. The Labute approximate surface area is 235 Å². The molecule has 2 fully saturated rings. The Bertz CT molecular complexity index is 1260. The first kappa shape index (κ1) is 28.1. The van der Waals surface area contributed by atoms with Gasteiger partial charge in [0.25, 0.3) is 5.91 Å². The lowest BCUT2D eigenvalue weighted by Gasteiger charge is -2.39. The molecule has 7 heteroatoms. The molecule has 1 saturated heterocycles. The smallest absolute Gasteiger partial charge is 0.387 e. The van der Waals surface area contributed by atoms with E-state index < -0.39 is 6.61 Å². The first-order valence-corrected chi connectivity index (χ1v) is 14.4. The zero-order valence-corrected chi connectivity index (χ0v) is 23.0. The second-order valence-electron chi connectivity index (χ2n) is 10.8. The molecule has 1 N–H and O–H groups in total. The fourth-order valence-corrected chi connectivity index (χ4v) is 6.31. The quantitative estimate of drug-likeness (QED) is 0.282. The van der Waals surface area contributed by atoms with Crippen molar-refractivity contribution in [3.05, 3.63) is 78.4 Å². The van der Waals surface area contributed by atoms with Crippen molar-refractivity contribution >= 4 is 11.6 Å². The maximum Gasteiger partial charge on any atom is 0.387 e. The number of ether oxygens (including phenoxy) is 2. The van der Waals surface area contributed by atoms with E-state index in [1.807, 2.05) is 35.2 Å². The second-order valence-corrected chi connectivity index (χ2v) is 10.8. The Morgan fingerprint density at radius 1 is 0.900 bits per heavy atom. The first-order chi connectivity index (χ1) is 19.5. The summed E-state index contributed by atoms with van der Waals surface area (Å²) in [6, 6.07) is 22.9. The van der Waals surface area contributed by atoms with Gasteiger partial charge >= 0.3 is 6.61 Å². The summed E-state index contributed by atoms with van der Waals surface area (Å²) in [5.41, 5.74) is 3.31. The minimum absolute atomic E-state index is 0.0490. The van der Waals surface area contributed by atoms with Crippen LogP contribution >= 0.6 is 0 Å². The van der Waals surface area contributed by atoms with E-state index in [4.69, 9.17) is 4.74 Å². The topological polar surface area (TPSA) is 50.8 Å². The Balaban J connectivity index is 1.57. The zero-order chi connectivity index (χ0) is 27.9. The predicted molar refractivity (Wildman–Crippen MR) is 154 cm³/mol. The second kappa shape index (κ2) is 13.3. The van der Waals surface area contributed by atoms with Gasteiger partial charge in [-0.2, -0.15) is 8.78 Å². The number of rotatable bonds is 10. The van der Waals surface area contributed by atoms with Gasteiger partial charge in [0.2, 0.25) is 0 Å². The summed E-state index contributed by atoms with van der Waals surface area (Å²) in [6.45, 7) is -2.05. The largest absolute Gasteiger partial charge is 0.493 e. The summed E-state index contributed by atoms with van der Waals surface area (Å²) >= 11 is 0. The molecule has 2 aliphatic rings. The van der Waals surface area contributed by atoms with Crippen LogP contribution in [0.2, 0.25) is 0 Å². The summed E-state index contributed by atoms with van der Waals surface area (Å²) in [7, 11) is 1.39. The molecule has 1 saturated carbocycles. The van der Waals surface area contributed by atoms with Crippen molar-refractivity contribution in [2.45, 2.75) is 70.1 Å². The van der Waals surface area contributed by atoms with E-state index in [1.54, 1.807) is 6.07 Å². The number of hydrogen-bond donors (Lipinski definition) is 1. The van der Waals surface area contributed by atoms with Crippen LogP contribution in [0.5, 0.6) is 11.5 Å². The fourth-order valence-electron chi connectivity index (χ4n) is 6.31. The summed E-state index contributed by atoms with van der Waals surface area (Å²) in [6.07, 6.45) is 9.10. The highest BCUT2D eigenvalue weighted by molar-refractivity contribution is 6.07. The van der Waals surface area contributed by atoms with Gasteiger partial charge in [-0.15, -0.1) is 0 Å². The molecule has 212 valence electrons. The summed E-state index contributed by atoms with van der Waals surface area (Å²) in [5.74, 6) is 0.390. The number of nitrogens with one attached hydrogen (secondary N) is 1. The number of hydrogen-bond acceptors (Lipinski definition) is 4. The molecule has 0 spiro atoms. The highest BCUT2D eigenvalue weighted by atomic mass is 19.3. The third-order valence-corrected chi connectivity index (χ3v) is 8.27. The van der Waals surface area contributed by atoms with Crippen LogP contribution in [0, 0.1) is 5.92 Å². The standard InChI is InChI=1S/C33H38F2N2O3/c1-39-31-22-26(17-18-30(31)40-33(34)35)32(38)37(27-15-8-14-25(21-27)24-12-6-3-7-13-24)29(28-16-9-19-36-28)20-23-10-4-2-5-11-23/h3,6-8,12-15,17-18,21-23,28-29,33,36H,2,4-5,9-11,16,19-20H2,1H3/t28?,29-/m0/s1. The number of benzene rings is 3.